The van der Waals surface area contributed by atoms with E-state index in [-0.39, 0.29) is 0 Å². The van der Waals surface area contributed by atoms with E-state index >= 15 is 4.39 Å². The number of nitrogens with one attached hydrogen (secondary N) is 2. The maximum atomic E-state index is 15.1. The Balaban J connectivity index is 1.45. The molecule has 2 aliphatic rings. The molecule has 198 valence electrons. The second-order valence-corrected chi connectivity index (χ2v) is 9.60. The molecule has 2 unspecified atom stereocenters. The molecule has 5 rings (SSSR count). The number of halogens is 2. The first-order valence-corrected chi connectivity index (χ1v) is 13.0. The molecule has 1 aliphatic carbocycles. The van der Waals surface area contributed by atoms with Gasteiger partial charge in [-0.15, -0.1) is 0 Å². The van der Waals surface area contributed by atoms with E-state index in [1.165, 1.54) is 11.0 Å². The lowest BCUT2D eigenvalue weighted by atomic mass is 10.0. The molecule has 1 fully saturated rings. The third kappa shape index (κ3) is 6.35. The Morgan fingerprint density at radius 3 is 2.26 bits per heavy atom. The van der Waals surface area contributed by atoms with Crippen molar-refractivity contribution >= 4 is 40.6 Å². The Bertz CT molecular complexity index is 1410. The van der Waals surface area contributed by atoms with Crippen molar-refractivity contribution in [3.8, 4) is 0 Å². The maximum Gasteiger partial charge on any atom is 0.327 e. The van der Waals surface area contributed by atoms with Gasteiger partial charge in [0.2, 0.25) is 5.91 Å². The topological polar surface area (TPSA) is 77.0 Å². The van der Waals surface area contributed by atoms with Crippen LogP contribution in [0.5, 0.6) is 0 Å². The molecule has 3 aromatic rings. The van der Waals surface area contributed by atoms with Crippen LogP contribution in [0.3, 0.4) is 0 Å². The number of carbonyl (C=O) groups excluding carboxylic acids is 2. The van der Waals surface area contributed by atoms with E-state index in [4.69, 9.17) is 11.6 Å². The summed E-state index contributed by atoms with van der Waals surface area (Å²) in [5.74, 6) is -1.08. The first-order valence-electron chi connectivity index (χ1n) is 12.6. The summed E-state index contributed by atoms with van der Waals surface area (Å²) in [6.45, 7) is 1.69. The summed E-state index contributed by atoms with van der Waals surface area (Å²) < 4.78 is 15.1. The van der Waals surface area contributed by atoms with Crippen molar-refractivity contribution in [2.45, 2.75) is 18.5 Å². The van der Waals surface area contributed by atoms with E-state index in [1.54, 1.807) is 84.9 Å². The molecule has 3 aromatic carbocycles. The number of hydrogen-bond donors (Lipinski definition) is 2. The van der Waals surface area contributed by atoms with E-state index < -0.39 is 29.8 Å². The molecule has 39 heavy (non-hydrogen) atoms. The number of nitrogens with zero attached hydrogens (tertiary/aromatic N) is 3. The van der Waals surface area contributed by atoms with Crippen LogP contribution in [0, 0.1) is 0 Å². The minimum absolute atomic E-state index is 0.491. The Kier molecular flexibility index (Phi) is 8.03. The molecule has 1 heterocycles. The number of amides is 3. The number of benzene rings is 3. The van der Waals surface area contributed by atoms with Crippen LogP contribution in [0.2, 0.25) is 5.02 Å². The largest absolute Gasteiger partial charge is 0.341 e. The van der Waals surface area contributed by atoms with Crippen LogP contribution in [0.4, 0.5) is 20.6 Å². The minimum Gasteiger partial charge on any atom is -0.341 e. The number of hydrazone groups is 1. The fraction of sp³-hybridized carbons (Fsp3) is 0.167. The van der Waals surface area contributed by atoms with Crippen molar-refractivity contribution in [2.24, 2.45) is 5.10 Å². The number of para-hydroxylation sites is 1. The fourth-order valence-electron chi connectivity index (χ4n) is 4.28. The van der Waals surface area contributed by atoms with Gasteiger partial charge in [-0.05, 0) is 60.5 Å². The summed E-state index contributed by atoms with van der Waals surface area (Å²) in [4.78, 5) is 29.0. The van der Waals surface area contributed by atoms with Gasteiger partial charge in [-0.3, -0.25) is 14.7 Å². The highest BCUT2D eigenvalue weighted by atomic mass is 35.5. The SMILES string of the molecule is O=C(NC1C=C/C(=N\N2CCC2)C=C1F)C(c1ccccc1)N(C(=O)Nc1ccc(Cl)cc1)c1ccccc1. The fourth-order valence-corrected chi connectivity index (χ4v) is 4.41. The molecule has 7 nitrogen and oxygen atoms in total. The molecule has 0 bridgehead atoms. The molecule has 1 aliphatic heterocycles. The third-order valence-electron chi connectivity index (χ3n) is 6.40. The maximum absolute atomic E-state index is 15.1. The summed E-state index contributed by atoms with van der Waals surface area (Å²) in [7, 11) is 0. The molecule has 0 saturated carbocycles. The Morgan fingerprint density at radius 1 is 0.974 bits per heavy atom. The quantitative estimate of drug-likeness (QED) is 0.378. The average molecular weight is 544 g/mol. The predicted octanol–water partition coefficient (Wildman–Crippen LogP) is 6.09. The summed E-state index contributed by atoms with van der Waals surface area (Å²) in [5.41, 5.74) is 2.06. The van der Waals surface area contributed by atoms with Crippen molar-refractivity contribution in [1.29, 1.82) is 0 Å². The molecule has 9 heteroatoms. The molecule has 0 aromatic heterocycles. The lowest BCUT2D eigenvalue weighted by molar-refractivity contribution is -0.122. The standard InChI is InChI=1S/C30H27ClFN5O2/c31-22-12-14-23(15-13-22)33-30(39)37(25-10-5-2-6-11-25)28(21-8-3-1-4-9-21)29(38)34-27-17-16-24(20-26(27)32)35-36-18-7-19-36/h1-6,8-17,20,27-28H,7,18-19H2,(H,33,39)(H,34,38)/b35-24+. The summed E-state index contributed by atoms with van der Waals surface area (Å²) in [6.07, 6.45) is 5.64. The smallest absolute Gasteiger partial charge is 0.327 e. The molecule has 0 radical (unpaired) electrons. The molecular formula is C30H27ClFN5O2. The summed E-state index contributed by atoms with van der Waals surface area (Å²) in [5, 5.41) is 12.4. The predicted molar refractivity (Wildman–Crippen MR) is 152 cm³/mol. The lowest BCUT2D eigenvalue weighted by Gasteiger charge is -2.32. The van der Waals surface area contributed by atoms with Gasteiger partial charge in [0.1, 0.15) is 11.9 Å². The molecule has 0 spiro atoms. The number of rotatable bonds is 7. The Labute approximate surface area is 231 Å². The van der Waals surface area contributed by atoms with Gasteiger partial charge in [0.25, 0.3) is 0 Å². The van der Waals surface area contributed by atoms with Gasteiger partial charge in [-0.2, -0.15) is 5.10 Å². The number of urea groups is 1. The van der Waals surface area contributed by atoms with E-state index in [2.05, 4.69) is 15.7 Å². The molecular weight excluding hydrogens is 517 g/mol. The van der Waals surface area contributed by atoms with Gasteiger partial charge < -0.3 is 10.6 Å². The average Bonchev–Trinajstić information content (AvgIpc) is 2.93. The third-order valence-corrected chi connectivity index (χ3v) is 6.65. The van der Waals surface area contributed by atoms with Gasteiger partial charge in [0, 0.05) is 29.5 Å². The van der Waals surface area contributed by atoms with E-state index in [1.807, 2.05) is 17.1 Å². The Morgan fingerprint density at radius 2 is 1.64 bits per heavy atom. The van der Waals surface area contributed by atoms with Crippen LogP contribution < -0.4 is 15.5 Å². The van der Waals surface area contributed by atoms with Crippen LogP contribution >= 0.6 is 11.6 Å². The van der Waals surface area contributed by atoms with Crippen molar-refractivity contribution < 1.29 is 14.0 Å². The molecule has 1 saturated heterocycles. The number of anilines is 2. The van der Waals surface area contributed by atoms with Gasteiger partial charge in [0.05, 0.1) is 11.8 Å². The highest BCUT2D eigenvalue weighted by molar-refractivity contribution is 6.30. The van der Waals surface area contributed by atoms with Crippen LogP contribution in [0.15, 0.2) is 114 Å². The number of hydrogen-bond acceptors (Lipinski definition) is 4. The van der Waals surface area contributed by atoms with E-state index in [0.29, 0.717) is 27.7 Å². The van der Waals surface area contributed by atoms with Crippen molar-refractivity contribution in [3.05, 3.63) is 120 Å². The molecule has 2 atom stereocenters. The van der Waals surface area contributed by atoms with Gasteiger partial charge in [-0.25, -0.2) is 9.18 Å². The second-order valence-electron chi connectivity index (χ2n) is 9.16. The minimum atomic E-state index is -1.10. The summed E-state index contributed by atoms with van der Waals surface area (Å²) >= 11 is 6.00. The zero-order chi connectivity index (χ0) is 27.2. The lowest BCUT2D eigenvalue weighted by Crippen LogP contribution is -2.48. The zero-order valence-electron chi connectivity index (χ0n) is 21.0. The normalized spacial score (nSPS) is 18.1. The van der Waals surface area contributed by atoms with E-state index in [9.17, 15) is 9.59 Å². The number of carbonyl (C=O) groups is 2. The monoisotopic (exact) mass is 543 g/mol. The molecule has 3 amide bonds. The first kappa shape index (κ1) is 26.2. The second kappa shape index (κ2) is 12.0. The van der Waals surface area contributed by atoms with Crippen molar-refractivity contribution in [2.75, 3.05) is 23.3 Å². The highest BCUT2D eigenvalue weighted by Crippen LogP contribution is 2.30. The zero-order valence-corrected chi connectivity index (χ0v) is 21.8. The highest BCUT2D eigenvalue weighted by Gasteiger charge is 2.34. The first-order chi connectivity index (χ1) is 19.0. The van der Waals surface area contributed by atoms with Crippen LogP contribution in [0.25, 0.3) is 0 Å². The van der Waals surface area contributed by atoms with Gasteiger partial charge in [0.15, 0.2) is 0 Å². The summed E-state index contributed by atoms with van der Waals surface area (Å²) in [6, 6.07) is 21.8. The van der Waals surface area contributed by atoms with Crippen LogP contribution in [-0.4, -0.2) is 41.8 Å². The number of allylic oxidation sites excluding steroid dienone is 2. The van der Waals surface area contributed by atoms with Crippen LogP contribution in [-0.2, 0) is 4.79 Å². The molecule has 2 N–H and O–H groups in total. The van der Waals surface area contributed by atoms with Crippen molar-refractivity contribution in [3.63, 3.8) is 0 Å². The van der Waals surface area contributed by atoms with E-state index in [0.717, 1.165) is 19.5 Å². The van der Waals surface area contributed by atoms with Crippen LogP contribution in [0.1, 0.15) is 18.0 Å². The van der Waals surface area contributed by atoms with Gasteiger partial charge in [-0.1, -0.05) is 66.2 Å². The van der Waals surface area contributed by atoms with Gasteiger partial charge >= 0.3 is 6.03 Å². The Hall–Kier alpha value is -4.43. The van der Waals surface area contributed by atoms with Crippen molar-refractivity contribution in [1.82, 2.24) is 10.3 Å².